The molecule has 1 aliphatic carbocycles. The highest BCUT2D eigenvalue weighted by Gasteiger charge is 2.41. The number of ether oxygens (including phenoxy) is 1. The molecule has 6 nitrogen and oxygen atoms in total. The number of carbonyl (C=O) groups is 3. The highest BCUT2D eigenvalue weighted by atomic mass is 16.5. The second-order valence-corrected chi connectivity index (χ2v) is 5.46. The van der Waals surface area contributed by atoms with Crippen LogP contribution in [0.5, 0.6) is 0 Å². The summed E-state index contributed by atoms with van der Waals surface area (Å²) in [5.41, 5.74) is 5.27. The standard InChI is InChI=1S/C16H20N2O4/c17-15(21)22-11-14(20)18-10-13(19)16(8-4-5-9-16)12-6-2-1-3-7-12/h1-3,6-7H,4-5,8-11H2,(H2,17,21)(H,18,20). The Hall–Kier alpha value is -2.37. The van der Waals surface area contributed by atoms with Crippen LogP contribution in [0.15, 0.2) is 30.3 Å². The molecule has 22 heavy (non-hydrogen) atoms. The molecule has 0 heterocycles. The summed E-state index contributed by atoms with van der Waals surface area (Å²) >= 11 is 0. The summed E-state index contributed by atoms with van der Waals surface area (Å²) < 4.78 is 4.39. The van der Waals surface area contributed by atoms with E-state index >= 15 is 0 Å². The van der Waals surface area contributed by atoms with Crippen LogP contribution in [0.2, 0.25) is 0 Å². The Morgan fingerprint density at radius 3 is 2.36 bits per heavy atom. The topological polar surface area (TPSA) is 98.5 Å². The maximum absolute atomic E-state index is 12.7. The van der Waals surface area contributed by atoms with Gasteiger partial charge in [-0.3, -0.25) is 9.59 Å². The summed E-state index contributed by atoms with van der Waals surface area (Å²) in [6.45, 7) is -0.545. The van der Waals surface area contributed by atoms with Crippen LogP contribution in [0.4, 0.5) is 4.79 Å². The zero-order chi connectivity index (χ0) is 16.0. The molecule has 1 aromatic rings. The van der Waals surface area contributed by atoms with E-state index in [1.54, 1.807) is 0 Å². The monoisotopic (exact) mass is 304 g/mol. The van der Waals surface area contributed by atoms with Gasteiger partial charge in [0, 0.05) is 0 Å². The lowest BCUT2D eigenvalue weighted by Gasteiger charge is -2.28. The first kappa shape index (κ1) is 16.0. The fourth-order valence-electron chi connectivity index (χ4n) is 3.00. The van der Waals surface area contributed by atoms with Gasteiger partial charge in [-0.05, 0) is 18.4 Å². The molecule has 1 aliphatic rings. The second-order valence-electron chi connectivity index (χ2n) is 5.46. The largest absolute Gasteiger partial charge is 0.440 e. The van der Waals surface area contributed by atoms with Crippen LogP contribution in [0.25, 0.3) is 0 Å². The van der Waals surface area contributed by atoms with Crippen molar-refractivity contribution in [2.45, 2.75) is 31.1 Å². The fraction of sp³-hybridized carbons (Fsp3) is 0.438. The maximum atomic E-state index is 12.7. The molecule has 6 heteroatoms. The number of carbonyl (C=O) groups excluding carboxylic acids is 3. The van der Waals surface area contributed by atoms with E-state index in [0.29, 0.717) is 0 Å². The number of Topliss-reactive ketones (excluding diaryl/α,β-unsaturated/α-hetero) is 1. The molecule has 1 fully saturated rings. The second kappa shape index (κ2) is 7.06. The van der Waals surface area contributed by atoms with Gasteiger partial charge < -0.3 is 15.8 Å². The lowest BCUT2D eigenvalue weighted by molar-refractivity contribution is -0.129. The van der Waals surface area contributed by atoms with E-state index in [2.05, 4.69) is 10.1 Å². The smallest absolute Gasteiger partial charge is 0.405 e. The zero-order valence-electron chi connectivity index (χ0n) is 12.3. The highest BCUT2D eigenvalue weighted by molar-refractivity contribution is 5.94. The molecule has 0 spiro atoms. The molecular formula is C16H20N2O4. The van der Waals surface area contributed by atoms with E-state index in [1.165, 1.54) is 0 Å². The highest BCUT2D eigenvalue weighted by Crippen LogP contribution is 2.41. The minimum absolute atomic E-state index is 0.0105. The van der Waals surface area contributed by atoms with Gasteiger partial charge in [0.1, 0.15) is 0 Å². The van der Waals surface area contributed by atoms with Crippen molar-refractivity contribution < 1.29 is 19.1 Å². The Balaban J connectivity index is 1.99. The number of hydrogen-bond acceptors (Lipinski definition) is 4. The van der Waals surface area contributed by atoms with Gasteiger partial charge in [0.2, 0.25) is 0 Å². The summed E-state index contributed by atoms with van der Waals surface area (Å²) in [4.78, 5) is 34.6. The van der Waals surface area contributed by atoms with E-state index in [1.807, 2.05) is 30.3 Å². The average molecular weight is 304 g/mol. The van der Waals surface area contributed by atoms with Crippen molar-refractivity contribution in [1.82, 2.24) is 5.32 Å². The summed E-state index contributed by atoms with van der Waals surface area (Å²) in [6, 6.07) is 9.67. The van der Waals surface area contributed by atoms with Gasteiger partial charge in [-0.2, -0.15) is 0 Å². The average Bonchev–Trinajstić information content (AvgIpc) is 3.02. The molecule has 0 radical (unpaired) electrons. The molecule has 0 bridgehead atoms. The van der Waals surface area contributed by atoms with Crippen LogP contribution in [-0.4, -0.2) is 30.9 Å². The quantitative estimate of drug-likeness (QED) is 0.827. The molecule has 0 atom stereocenters. The van der Waals surface area contributed by atoms with Crippen molar-refractivity contribution in [2.75, 3.05) is 13.2 Å². The van der Waals surface area contributed by atoms with Crippen LogP contribution < -0.4 is 11.1 Å². The van der Waals surface area contributed by atoms with Crippen molar-refractivity contribution in [2.24, 2.45) is 5.73 Å². The van der Waals surface area contributed by atoms with Crippen LogP contribution >= 0.6 is 0 Å². The van der Waals surface area contributed by atoms with Gasteiger partial charge in [-0.1, -0.05) is 43.2 Å². The van der Waals surface area contributed by atoms with Crippen molar-refractivity contribution in [3.8, 4) is 0 Å². The third-order valence-electron chi connectivity index (χ3n) is 4.11. The van der Waals surface area contributed by atoms with E-state index in [9.17, 15) is 14.4 Å². The molecule has 2 amide bonds. The number of nitrogens with two attached hydrogens (primary N) is 1. The third kappa shape index (κ3) is 3.63. The normalized spacial score (nSPS) is 16.0. The summed E-state index contributed by atoms with van der Waals surface area (Å²) in [7, 11) is 0. The molecule has 0 aliphatic heterocycles. The van der Waals surface area contributed by atoms with Gasteiger partial charge in [0.25, 0.3) is 5.91 Å². The molecule has 1 aromatic carbocycles. The predicted molar refractivity (Wildman–Crippen MR) is 80.1 cm³/mol. The Morgan fingerprint density at radius 1 is 1.14 bits per heavy atom. The summed E-state index contributed by atoms with van der Waals surface area (Å²) in [5.74, 6) is -0.544. The van der Waals surface area contributed by atoms with E-state index in [0.717, 1.165) is 31.2 Å². The van der Waals surface area contributed by atoms with Gasteiger partial charge in [-0.15, -0.1) is 0 Å². The third-order valence-corrected chi connectivity index (χ3v) is 4.11. The SMILES string of the molecule is NC(=O)OCC(=O)NCC(=O)C1(c2ccccc2)CCCC1. The lowest BCUT2D eigenvalue weighted by Crippen LogP contribution is -2.42. The molecule has 2 rings (SSSR count). The minimum atomic E-state index is -1.02. The number of ketones is 1. The first-order chi connectivity index (χ1) is 10.5. The fourth-order valence-corrected chi connectivity index (χ4v) is 3.00. The van der Waals surface area contributed by atoms with Crippen molar-refractivity contribution >= 4 is 17.8 Å². The van der Waals surface area contributed by atoms with Gasteiger partial charge >= 0.3 is 6.09 Å². The first-order valence-corrected chi connectivity index (χ1v) is 7.32. The van der Waals surface area contributed by atoms with Crippen molar-refractivity contribution in [3.05, 3.63) is 35.9 Å². The molecule has 1 saturated carbocycles. The zero-order valence-corrected chi connectivity index (χ0v) is 12.3. The number of hydrogen-bond donors (Lipinski definition) is 2. The summed E-state index contributed by atoms with van der Waals surface area (Å²) in [5, 5.41) is 2.49. The first-order valence-electron chi connectivity index (χ1n) is 7.32. The van der Waals surface area contributed by atoms with Crippen LogP contribution in [0, 0.1) is 0 Å². The number of amides is 2. The molecule has 3 N–H and O–H groups in total. The Bertz CT molecular complexity index is 551. The number of rotatable bonds is 6. The molecule has 0 aromatic heterocycles. The molecule has 0 unspecified atom stereocenters. The van der Waals surface area contributed by atoms with Crippen LogP contribution in [0.1, 0.15) is 31.2 Å². The number of nitrogens with one attached hydrogen (secondary N) is 1. The lowest BCUT2D eigenvalue weighted by atomic mass is 9.75. The number of primary amides is 1. The maximum Gasteiger partial charge on any atom is 0.405 e. The predicted octanol–water partition coefficient (Wildman–Crippen LogP) is 1.28. The van der Waals surface area contributed by atoms with Crippen LogP contribution in [-0.2, 0) is 19.7 Å². The van der Waals surface area contributed by atoms with Crippen molar-refractivity contribution in [1.29, 1.82) is 0 Å². The minimum Gasteiger partial charge on any atom is -0.440 e. The van der Waals surface area contributed by atoms with Gasteiger partial charge in [0.05, 0.1) is 12.0 Å². The molecule has 0 saturated heterocycles. The summed E-state index contributed by atoms with van der Waals surface area (Å²) in [6.07, 6.45) is 2.57. The number of benzene rings is 1. The molecule has 118 valence electrons. The van der Waals surface area contributed by atoms with Crippen LogP contribution in [0.3, 0.4) is 0 Å². The van der Waals surface area contributed by atoms with Gasteiger partial charge in [-0.25, -0.2) is 4.79 Å². The van der Waals surface area contributed by atoms with E-state index < -0.39 is 24.0 Å². The molecular weight excluding hydrogens is 284 g/mol. The Labute approximate surface area is 129 Å². The van der Waals surface area contributed by atoms with Crippen molar-refractivity contribution in [3.63, 3.8) is 0 Å². The Morgan fingerprint density at radius 2 is 1.77 bits per heavy atom. The van der Waals surface area contributed by atoms with E-state index in [-0.39, 0.29) is 12.3 Å². The Kier molecular flexibility index (Phi) is 5.14. The van der Waals surface area contributed by atoms with E-state index in [4.69, 9.17) is 5.73 Å². The van der Waals surface area contributed by atoms with Gasteiger partial charge in [0.15, 0.2) is 12.4 Å².